The van der Waals surface area contributed by atoms with Gasteiger partial charge in [-0.1, -0.05) is 12.2 Å². The number of hydrogen-bond acceptors (Lipinski definition) is 5. The fourth-order valence-electron chi connectivity index (χ4n) is 2.86. The second-order valence-electron chi connectivity index (χ2n) is 6.13. The molecular formula is C19H23NO5. The fraction of sp³-hybridized carbons (Fsp3) is 0.421. The molecule has 1 atom stereocenters. The van der Waals surface area contributed by atoms with E-state index in [0.29, 0.717) is 12.0 Å². The molecule has 1 aliphatic rings. The van der Waals surface area contributed by atoms with Gasteiger partial charge in [-0.05, 0) is 44.4 Å². The largest absolute Gasteiger partial charge is 0.469 e. The van der Waals surface area contributed by atoms with Gasteiger partial charge in [-0.25, -0.2) is 0 Å². The molecule has 1 unspecified atom stereocenters. The molecule has 0 N–H and O–H groups in total. The summed E-state index contributed by atoms with van der Waals surface area (Å²) in [5, 5.41) is 0. The molecule has 134 valence electrons. The number of furan rings is 1. The van der Waals surface area contributed by atoms with Crippen LogP contribution in [-0.4, -0.2) is 35.8 Å². The van der Waals surface area contributed by atoms with Gasteiger partial charge in [0.2, 0.25) is 5.91 Å². The van der Waals surface area contributed by atoms with Gasteiger partial charge in [0.1, 0.15) is 12.4 Å². The van der Waals surface area contributed by atoms with E-state index in [1.807, 2.05) is 32.1 Å². The molecule has 0 aliphatic carbocycles. The minimum absolute atomic E-state index is 0.0154. The third-order valence-corrected chi connectivity index (χ3v) is 4.10. The number of likely N-dealkylation sites (tertiary alicyclic amines) is 1. The summed E-state index contributed by atoms with van der Waals surface area (Å²) in [5.41, 5.74) is 2.31. The standard InChI is InChI=1S/C19H23NO5/c1-12(6-5-7-16-10-13(2)25-11-16)17-14(3)18(22)20(19(17)23)8-9-24-15(4)21/h5-6,10-11,14H,7-9H2,1-4H3. The number of allylic oxidation sites excluding steroid dienone is 3. The Balaban J connectivity index is 2.07. The molecule has 1 aromatic rings. The molecule has 1 saturated heterocycles. The minimum atomic E-state index is -0.495. The third kappa shape index (κ3) is 4.47. The van der Waals surface area contributed by atoms with Crippen LogP contribution in [0.15, 0.2) is 40.0 Å². The van der Waals surface area contributed by atoms with E-state index in [1.165, 1.54) is 6.92 Å². The van der Waals surface area contributed by atoms with Crippen molar-refractivity contribution < 1.29 is 23.5 Å². The number of rotatable bonds is 6. The number of carbonyl (C=O) groups excluding carboxylic acids is 3. The van der Waals surface area contributed by atoms with Crippen molar-refractivity contribution in [2.45, 2.75) is 34.1 Å². The number of nitrogens with zero attached hydrogens (tertiary/aromatic N) is 1. The molecule has 2 amide bonds. The van der Waals surface area contributed by atoms with E-state index in [9.17, 15) is 14.4 Å². The number of amides is 2. The van der Waals surface area contributed by atoms with Crippen molar-refractivity contribution in [2.75, 3.05) is 13.2 Å². The van der Waals surface area contributed by atoms with E-state index < -0.39 is 11.9 Å². The summed E-state index contributed by atoms with van der Waals surface area (Å²) < 4.78 is 10.1. The fourth-order valence-corrected chi connectivity index (χ4v) is 2.86. The molecule has 1 aromatic heterocycles. The Labute approximate surface area is 147 Å². The molecule has 6 nitrogen and oxygen atoms in total. The molecule has 6 heteroatoms. The van der Waals surface area contributed by atoms with Crippen molar-refractivity contribution in [3.63, 3.8) is 0 Å². The van der Waals surface area contributed by atoms with Gasteiger partial charge in [0.15, 0.2) is 0 Å². The molecular weight excluding hydrogens is 322 g/mol. The second kappa shape index (κ2) is 7.96. The lowest BCUT2D eigenvalue weighted by atomic mass is 9.98. The van der Waals surface area contributed by atoms with Gasteiger partial charge < -0.3 is 9.15 Å². The van der Waals surface area contributed by atoms with Gasteiger partial charge in [0, 0.05) is 12.5 Å². The highest BCUT2D eigenvalue weighted by Crippen LogP contribution is 2.28. The molecule has 0 aromatic carbocycles. The minimum Gasteiger partial charge on any atom is -0.469 e. The zero-order chi connectivity index (χ0) is 18.6. The molecule has 1 fully saturated rings. The normalized spacial score (nSPS) is 19.8. The highest BCUT2D eigenvalue weighted by atomic mass is 16.5. The Morgan fingerprint density at radius 1 is 1.36 bits per heavy atom. The summed E-state index contributed by atoms with van der Waals surface area (Å²) in [5.74, 6) is -0.648. The van der Waals surface area contributed by atoms with E-state index in [0.717, 1.165) is 21.8 Å². The van der Waals surface area contributed by atoms with Crippen LogP contribution < -0.4 is 0 Å². The summed E-state index contributed by atoms with van der Waals surface area (Å²) in [6, 6.07) is 1.95. The van der Waals surface area contributed by atoms with Crippen LogP contribution in [0, 0.1) is 12.8 Å². The number of imide groups is 1. The maximum Gasteiger partial charge on any atom is 0.302 e. The van der Waals surface area contributed by atoms with E-state index in [1.54, 1.807) is 13.2 Å². The molecule has 0 spiro atoms. The second-order valence-corrected chi connectivity index (χ2v) is 6.13. The van der Waals surface area contributed by atoms with Crippen LogP contribution in [0.1, 0.15) is 32.1 Å². The number of hydrogen-bond donors (Lipinski definition) is 0. The van der Waals surface area contributed by atoms with E-state index in [-0.39, 0.29) is 25.0 Å². The third-order valence-electron chi connectivity index (χ3n) is 4.10. The highest BCUT2D eigenvalue weighted by molar-refractivity contribution is 6.15. The van der Waals surface area contributed by atoms with E-state index >= 15 is 0 Å². The Bertz CT molecular complexity index is 741. The van der Waals surface area contributed by atoms with Crippen molar-refractivity contribution in [3.05, 3.63) is 47.0 Å². The predicted molar refractivity (Wildman–Crippen MR) is 91.5 cm³/mol. The van der Waals surface area contributed by atoms with E-state index in [2.05, 4.69) is 0 Å². The van der Waals surface area contributed by atoms with Crippen molar-refractivity contribution in [1.82, 2.24) is 4.90 Å². The number of aryl methyl sites for hydroxylation is 1. The maximum atomic E-state index is 12.5. The summed E-state index contributed by atoms with van der Waals surface area (Å²) in [6.45, 7) is 6.81. The lowest BCUT2D eigenvalue weighted by Crippen LogP contribution is -2.34. The van der Waals surface area contributed by atoms with Gasteiger partial charge >= 0.3 is 5.97 Å². The number of esters is 1. The van der Waals surface area contributed by atoms with Crippen molar-refractivity contribution >= 4 is 17.8 Å². The molecule has 1 aliphatic heterocycles. The number of ether oxygens (including phenoxy) is 1. The summed E-state index contributed by atoms with van der Waals surface area (Å²) in [7, 11) is 0. The van der Waals surface area contributed by atoms with Gasteiger partial charge in [0.25, 0.3) is 5.91 Å². The highest BCUT2D eigenvalue weighted by Gasteiger charge is 2.41. The molecule has 0 saturated carbocycles. The van der Waals surface area contributed by atoms with Crippen LogP contribution in [0.3, 0.4) is 0 Å². The predicted octanol–water partition coefficient (Wildman–Crippen LogP) is 2.57. The van der Waals surface area contributed by atoms with Gasteiger partial charge in [-0.3, -0.25) is 19.3 Å². The Kier molecular flexibility index (Phi) is 5.96. The maximum absolute atomic E-state index is 12.5. The molecule has 2 heterocycles. The SMILES string of the molecule is CC(=O)OCCN1C(=O)C(=C(C)C=CCc2coc(C)c2)C(C)C1=O. The van der Waals surface area contributed by atoms with Crippen molar-refractivity contribution in [3.8, 4) is 0 Å². The van der Waals surface area contributed by atoms with Gasteiger partial charge in [-0.2, -0.15) is 0 Å². The Morgan fingerprint density at radius 2 is 2.08 bits per heavy atom. The quantitative estimate of drug-likeness (QED) is 0.450. The monoisotopic (exact) mass is 345 g/mol. The molecule has 2 rings (SSSR count). The summed E-state index contributed by atoms with van der Waals surface area (Å²) in [6.07, 6.45) is 6.19. The topological polar surface area (TPSA) is 76.8 Å². The zero-order valence-corrected chi connectivity index (χ0v) is 15.0. The zero-order valence-electron chi connectivity index (χ0n) is 15.0. The van der Waals surface area contributed by atoms with Crippen LogP contribution in [0.5, 0.6) is 0 Å². The van der Waals surface area contributed by atoms with Crippen LogP contribution in [0.4, 0.5) is 0 Å². The van der Waals surface area contributed by atoms with Crippen LogP contribution in [0.25, 0.3) is 0 Å². The lowest BCUT2D eigenvalue weighted by molar-refractivity contribution is -0.146. The van der Waals surface area contributed by atoms with Crippen LogP contribution >= 0.6 is 0 Å². The molecule has 25 heavy (non-hydrogen) atoms. The summed E-state index contributed by atoms with van der Waals surface area (Å²) in [4.78, 5) is 36.8. The van der Waals surface area contributed by atoms with Crippen LogP contribution in [0.2, 0.25) is 0 Å². The first-order valence-electron chi connectivity index (χ1n) is 8.21. The average molecular weight is 345 g/mol. The first-order valence-corrected chi connectivity index (χ1v) is 8.21. The van der Waals surface area contributed by atoms with Crippen molar-refractivity contribution in [2.24, 2.45) is 5.92 Å². The Hall–Kier alpha value is -2.63. The van der Waals surface area contributed by atoms with Crippen molar-refractivity contribution in [1.29, 1.82) is 0 Å². The lowest BCUT2D eigenvalue weighted by Gasteiger charge is -2.13. The summed E-state index contributed by atoms with van der Waals surface area (Å²) >= 11 is 0. The first kappa shape index (κ1) is 18.7. The number of carbonyl (C=O) groups is 3. The van der Waals surface area contributed by atoms with Crippen LogP contribution in [-0.2, 0) is 25.5 Å². The first-order chi connectivity index (χ1) is 11.8. The molecule has 0 bridgehead atoms. The average Bonchev–Trinajstić information content (AvgIpc) is 3.03. The van der Waals surface area contributed by atoms with Gasteiger partial charge in [-0.15, -0.1) is 0 Å². The van der Waals surface area contributed by atoms with Gasteiger partial charge in [0.05, 0.1) is 18.7 Å². The molecule has 0 radical (unpaired) electrons. The Morgan fingerprint density at radius 3 is 2.68 bits per heavy atom. The van der Waals surface area contributed by atoms with E-state index in [4.69, 9.17) is 9.15 Å². The smallest absolute Gasteiger partial charge is 0.302 e.